The number of hydrogen-bond donors (Lipinski definition) is 0. The molecule has 0 spiro atoms. The molecule has 7 rings (SSSR count). The maximum Gasteiger partial charge on any atom is 0.157 e. The Morgan fingerprint density at radius 1 is 0.667 bits per heavy atom. The summed E-state index contributed by atoms with van der Waals surface area (Å²) in [5.74, 6) is 0. The molecule has 3 heterocycles. The highest BCUT2D eigenvalue weighted by Gasteiger charge is 2.17. The van der Waals surface area contributed by atoms with Gasteiger partial charge >= 0.3 is 0 Å². The van der Waals surface area contributed by atoms with E-state index in [-0.39, 0.29) is 0 Å². The lowest BCUT2D eigenvalue weighted by Crippen LogP contribution is -1.94. The second kappa shape index (κ2) is 7.14. The van der Waals surface area contributed by atoms with Crippen LogP contribution in [0.1, 0.15) is 0 Å². The van der Waals surface area contributed by atoms with Crippen molar-refractivity contribution in [3.63, 3.8) is 0 Å². The number of hydrogen-bond acceptors (Lipinski definition) is 3. The van der Waals surface area contributed by atoms with Gasteiger partial charge in [0.05, 0.1) is 11.0 Å². The molecule has 156 valence electrons. The smallest absolute Gasteiger partial charge is 0.157 e. The number of benzene rings is 4. The fourth-order valence-corrected chi connectivity index (χ4v) is 5.96. The third kappa shape index (κ3) is 2.81. The molecule has 0 aliphatic carbocycles. The molecule has 4 aromatic carbocycles. The summed E-state index contributed by atoms with van der Waals surface area (Å²) in [6.07, 6.45) is 0. The van der Waals surface area contributed by atoms with Gasteiger partial charge in [-0.2, -0.15) is 0 Å². The second-order valence-electron chi connectivity index (χ2n) is 8.04. The highest BCUT2D eigenvalue weighted by molar-refractivity contribution is 7.25. The number of nitrogens with zero attached hydrogens (tertiary/aromatic N) is 3. The largest absolute Gasteiger partial charge is 0.309 e. The summed E-state index contributed by atoms with van der Waals surface area (Å²) in [5.41, 5.74) is 5.98. The SMILES string of the molecule is Clc1nc2sc3ccccc3c2nc1-c1ccc2c3ccccc3n(-c3ccccc3)c2c1. The van der Waals surface area contributed by atoms with Crippen LogP contribution in [0.5, 0.6) is 0 Å². The lowest BCUT2D eigenvalue weighted by molar-refractivity contribution is 1.18. The molecule has 0 amide bonds. The van der Waals surface area contributed by atoms with Gasteiger partial charge in [-0.3, -0.25) is 0 Å². The minimum atomic E-state index is 0.427. The second-order valence-corrected chi connectivity index (χ2v) is 9.42. The van der Waals surface area contributed by atoms with Gasteiger partial charge in [0, 0.05) is 32.1 Å². The van der Waals surface area contributed by atoms with Gasteiger partial charge in [0.2, 0.25) is 0 Å². The van der Waals surface area contributed by atoms with Gasteiger partial charge in [-0.15, -0.1) is 11.3 Å². The number of fused-ring (bicyclic) bond motifs is 6. The Morgan fingerprint density at radius 3 is 2.27 bits per heavy atom. The Balaban J connectivity index is 1.53. The van der Waals surface area contributed by atoms with Crippen molar-refractivity contribution in [2.45, 2.75) is 0 Å². The predicted octanol–water partition coefficient (Wildman–Crippen LogP) is 8.26. The molecule has 0 bridgehead atoms. The first-order chi connectivity index (χ1) is 16.3. The van der Waals surface area contributed by atoms with Crippen molar-refractivity contribution < 1.29 is 0 Å². The van der Waals surface area contributed by atoms with E-state index >= 15 is 0 Å². The number of para-hydroxylation sites is 2. The van der Waals surface area contributed by atoms with E-state index in [9.17, 15) is 0 Å². The summed E-state index contributed by atoms with van der Waals surface area (Å²) in [6.45, 7) is 0. The zero-order chi connectivity index (χ0) is 21.9. The van der Waals surface area contributed by atoms with Crippen LogP contribution in [0.25, 0.3) is 59.2 Å². The van der Waals surface area contributed by atoms with Crippen LogP contribution in [0, 0.1) is 0 Å². The Labute approximate surface area is 198 Å². The Morgan fingerprint density at radius 2 is 1.39 bits per heavy atom. The lowest BCUT2D eigenvalue weighted by Gasteiger charge is -2.09. The molecule has 5 heteroatoms. The maximum absolute atomic E-state index is 6.68. The first-order valence-corrected chi connectivity index (χ1v) is 11.9. The molecule has 3 aromatic heterocycles. The molecule has 0 aliphatic heterocycles. The molecule has 3 nitrogen and oxygen atoms in total. The van der Waals surface area contributed by atoms with Gasteiger partial charge in [-0.25, -0.2) is 9.97 Å². The van der Waals surface area contributed by atoms with Crippen LogP contribution in [-0.4, -0.2) is 14.5 Å². The average Bonchev–Trinajstić information content (AvgIpc) is 3.38. The van der Waals surface area contributed by atoms with Crippen molar-refractivity contribution in [1.29, 1.82) is 0 Å². The third-order valence-electron chi connectivity index (χ3n) is 6.13. The molecule has 0 saturated carbocycles. The van der Waals surface area contributed by atoms with Crippen molar-refractivity contribution in [3.05, 3.63) is 102 Å². The summed E-state index contributed by atoms with van der Waals surface area (Å²) in [6, 6.07) is 33.7. The van der Waals surface area contributed by atoms with Gasteiger partial charge < -0.3 is 4.57 Å². The van der Waals surface area contributed by atoms with Gasteiger partial charge in [-0.05, 0) is 30.3 Å². The fraction of sp³-hybridized carbons (Fsp3) is 0. The summed E-state index contributed by atoms with van der Waals surface area (Å²) in [7, 11) is 0. The van der Waals surface area contributed by atoms with Crippen LogP contribution in [0.4, 0.5) is 0 Å². The van der Waals surface area contributed by atoms with Gasteiger partial charge in [0.25, 0.3) is 0 Å². The highest BCUT2D eigenvalue weighted by Crippen LogP contribution is 2.38. The average molecular weight is 462 g/mol. The zero-order valence-corrected chi connectivity index (χ0v) is 18.9. The minimum Gasteiger partial charge on any atom is -0.309 e. The molecule has 0 atom stereocenters. The molecule has 0 fully saturated rings. The summed E-state index contributed by atoms with van der Waals surface area (Å²) in [5, 5.41) is 3.96. The topological polar surface area (TPSA) is 30.7 Å². The van der Waals surface area contributed by atoms with E-state index in [1.165, 1.54) is 21.0 Å². The van der Waals surface area contributed by atoms with E-state index < -0.39 is 0 Å². The van der Waals surface area contributed by atoms with Gasteiger partial charge in [0.15, 0.2) is 5.15 Å². The van der Waals surface area contributed by atoms with Crippen LogP contribution in [0.15, 0.2) is 97.1 Å². The summed E-state index contributed by atoms with van der Waals surface area (Å²) >= 11 is 8.30. The van der Waals surface area contributed by atoms with Crippen molar-refractivity contribution in [1.82, 2.24) is 14.5 Å². The van der Waals surface area contributed by atoms with E-state index in [2.05, 4.69) is 83.4 Å². The van der Waals surface area contributed by atoms with Gasteiger partial charge in [0.1, 0.15) is 16.0 Å². The summed E-state index contributed by atoms with van der Waals surface area (Å²) in [4.78, 5) is 10.6. The van der Waals surface area contributed by atoms with Crippen LogP contribution in [-0.2, 0) is 0 Å². The number of thiophene rings is 1. The Bertz CT molecular complexity index is 1830. The van der Waals surface area contributed by atoms with E-state index in [1.807, 2.05) is 18.2 Å². The number of aromatic nitrogens is 3. The highest BCUT2D eigenvalue weighted by atomic mass is 35.5. The summed E-state index contributed by atoms with van der Waals surface area (Å²) < 4.78 is 3.47. The molecule has 0 radical (unpaired) electrons. The van der Waals surface area contributed by atoms with Crippen LogP contribution in [0.3, 0.4) is 0 Å². The first-order valence-electron chi connectivity index (χ1n) is 10.7. The van der Waals surface area contributed by atoms with E-state index in [0.29, 0.717) is 10.8 Å². The maximum atomic E-state index is 6.68. The van der Waals surface area contributed by atoms with Crippen molar-refractivity contribution in [2.75, 3.05) is 0 Å². The Hall–Kier alpha value is -3.73. The predicted molar refractivity (Wildman–Crippen MR) is 140 cm³/mol. The molecular formula is C28H16ClN3S. The quantitative estimate of drug-likeness (QED) is 0.259. The van der Waals surface area contributed by atoms with E-state index in [0.717, 1.165) is 32.5 Å². The van der Waals surface area contributed by atoms with E-state index in [4.69, 9.17) is 21.6 Å². The van der Waals surface area contributed by atoms with Crippen molar-refractivity contribution in [2.24, 2.45) is 0 Å². The number of rotatable bonds is 2. The normalized spacial score (nSPS) is 11.8. The first kappa shape index (κ1) is 18.8. The van der Waals surface area contributed by atoms with Crippen molar-refractivity contribution >= 4 is 65.2 Å². The van der Waals surface area contributed by atoms with Crippen LogP contribution < -0.4 is 0 Å². The number of halogens is 1. The minimum absolute atomic E-state index is 0.427. The molecule has 0 aliphatic rings. The van der Waals surface area contributed by atoms with Crippen LogP contribution >= 0.6 is 22.9 Å². The fourth-order valence-electron chi connectivity index (χ4n) is 4.66. The monoisotopic (exact) mass is 461 g/mol. The molecule has 0 N–H and O–H groups in total. The van der Waals surface area contributed by atoms with Crippen molar-refractivity contribution in [3.8, 4) is 16.9 Å². The lowest BCUT2D eigenvalue weighted by atomic mass is 10.1. The molecular weight excluding hydrogens is 446 g/mol. The zero-order valence-electron chi connectivity index (χ0n) is 17.4. The Kier molecular flexibility index (Phi) is 4.07. The van der Waals surface area contributed by atoms with Gasteiger partial charge in [-0.1, -0.05) is 78.3 Å². The van der Waals surface area contributed by atoms with Crippen LogP contribution in [0.2, 0.25) is 5.15 Å². The standard InChI is InChI=1S/C28H16ClN3S/c29-27-25(30-26-21-11-5-7-13-24(21)33-28(26)31-27)17-14-15-20-19-10-4-6-12-22(19)32(23(20)16-17)18-8-2-1-3-9-18/h1-16H. The van der Waals surface area contributed by atoms with E-state index in [1.54, 1.807) is 11.3 Å². The molecule has 33 heavy (non-hydrogen) atoms. The molecule has 0 unspecified atom stereocenters. The third-order valence-corrected chi connectivity index (χ3v) is 7.45. The molecule has 0 saturated heterocycles. The molecule has 7 aromatic rings.